The number of carbonyl (C=O) groups excluding carboxylic acids is 2. The molecule has 0 fully saturated rings. The zero-order valence-corrected chi connectivity index (χ0v) is 12.8. The molecule has 1 amide bonds. The van der Waals surface area contributed by atoms with Crippen LogP contribution in [-0.4, -0.2) is 22.8 Å². The molecule has 1 aromatic carbocycles. The van der Waals surface area contributed by atoms with Crippen LogP contribution in [0.2, 0.25) is 0 Å². The molecular weight excluding hydrogens is 278 g/mol. The summed E-state index contributed by atoms with van der Waals surface area (Å²) in [5.74, 6) is -2.27. The van der Waals surface area contributed by atoms with Gasteiger partial charge in [0.2, 0.25) is 5.91 Å². The molecule has 0 saturated heterocycles. The van der Waals surface area contributed by atoms with Crippen LogP contribution >= 0.6 is 0 Å². The first-order chi connectivity index (χ1) is 10.6. The van der Waals surface area contributed by atoms with Gasteiger partial charge in [-0.05, 0) is 18.6 Å². The second-order valence-electron chi connectivity index (χ2n) is 5.24. The Morgan fingerprint density at radius 2 is 2.14 bits per heavy atom. The summed E-state index contributed by atoms with van der Waals surface area (Å²) in [6.45, 7) is 2.49. The molecule has 0 saturated carbocycles. The van der Waals surface area contributed by atoms with E-state index >= 15 is 0 Å². The third-order valence-corrected chi connectivity index (χ3v) is 3.68. The lowest BCUT2D eigenvalue weighted by molar-refractivity contribution is -0.122. The Kier molecular flexibility index (Phi) is 4.95. The molecule has 114 valence electrons. The van der Waals surface area contributed by atoms with Gasteiger partial charge in [0.15, 0.2) is 11.7 Å². The highest BCUT2D eigenvalue weighted by Gasteiger charge is 2.28. The summed E-state index contributed by atoms with van der Waals surface area (Å²) in [5.41, 5.74) is 1.31. The van der Waals surface area contributed by atoms with Crippen LogP contribution in [0.4, 0.5) is 0 Å². The summed E-state index contributed by atoms with van der Waals surface area (Å²) in [6.07, 6.45) is 3.62. The van der Waals surface area contributed by atoms with E-state index in [1.165, 1.54) is 0 Å². The van der Waals surface area contributed by atoms with Crippen molar-refractivity contribution in [1.29, 1.82) is 5.26 Å². The molecule has 0 aliphatic rings. The average Bonchev–Trinajstić information content (AvgIpc) is 2.90. The van der Waals surface area contributed by atoms with Gasteiger partial charge in [-0.15, -0.1) is 0 Å². The minimum atomic E-state index is -1.30. The van der Waals surface area contributed by atoms with Gasteiger partial charge in [0.05, 0.1) is 6.07 Å². The van der Waals surface area contributed by atoms with Crippen molar-refractivity contribution in [3.8, 4) is 6.07 Å². The fraction of sp³-hybridized carbons (Fsp3) is 0.353. The number of aromatic nitrogens is 1. The molecular formula is C17H19N3O2. The number of Topliss-reactive ketones (excluding diaryl/α,β-unsaturated/α-hetero) is 1. The van der Waals surface area contributed by atoms with Gasteiger partial charge in [-0.25, -0.2) is 0 Å². The lowest BCUT2D eigenvalue weighted by Crippen LogP contribution is -2.35. The van der Waals surface area contributed by atoms with E-state index in [9.17, 15) is 14.9 Å². The highest BCUT2D eigenvalue weighted by atomic mass is 16.2. The third-order valence-electron chi connectivity index (χ3n) is 3.68. The fourth-order valence-corrected chi connectivity index (χ4v) is 2.40. The Balaban J connectivity index is 2.28. The molecule has 0 radical (unpaired) electrons. The second-order valence-corrected chi connectivity index (χ2v) is 5.24. The Hall–Kier alpha value is -2.61. The highest BCUT2D eigenvalue weighted by molar-refractivity contribution is 6.17. The van der Waals surface area contributed by atoms with Crippen LogP contribution in [0.3, 0.4) is 0 Å². The van der Waals surface area contributed by atoms with Gasteiger partial charge >= 0.3 is 0 Å². The van der Waals surface area contributed by atoms with Crippen LogP contribution in [0.5, 0.6) is 0 Å². The van der Waals surface area contributed by atoms with Crippen LogP contribution in [0.25, 0.3) is 10.9 Å². The number of hydrogen-bond acceptors (Lipinski definition) is 3. The molecule has 2 aromatic rings. The summed E-state index contributed by atoms with van der Waals surface area (Å²) in [7, 11) is 1.88. The summed E-state index contributed by atoms with van der Waals surface area (Å²) in [5, 5.41) is 12.6. The van der Waals surface area contributed by atoms with E-state index < -0.39 is 17.6 Å². The first-order valence-electron chi connectivity index (χ1n) is 7.35. The molecule has 5 heteroatoms. The number of benzene rings is 1. The molecule has 1 atom stereocenters. The van der Waals surface area contributed by atoms with Gasteiger partial charge < -0.3 is 9.88 Å². The van der Waals surface area contributed by atoms with Crippen molar-refractivity contribution >= 4 is 22.6 Å². The summed E-state index contributed by atoms with van der Waals surface area (Å²) < 4.78 is 1.90. The van der Waals surface area contributed by atoms with Gasteiger partial charge in [0, 0.05) is 36.3 Å². The number of hydrogen-bond donors (Lipinski definition) is 1. The zero-order valence-electron chi connectivity index (χ0n) is 12.8. The lowest BCUT2D eigenvalue weighted by atomic mass is 9.95. The topological polar surface area (TPSA) is 74.9 Å². The van der Waals surface area contributed by atoms with E-state index in [0.29, 0.717) is 12.1 Å². The number of nitrogens with one attached hydrogen (secondary N) is 1. The van der Waals surface area contributed by atoms with E-state index in [1.54, 1.807) is 12.1 Å². The number of aryl methyl sites for hydroxylation is 1. The molecule has 1 N–H and O–H groups in total. The zero-order chi connectivity index (χ0) is 16.1. The summed E-state index contributed by atoms with van der Waals surface area (Å²) >= 11 is 0. The quantitative estimate of drug-likeness (QED) is 0.505. The maximum atomic E-state index is 12.6. The molecule has 0 aliphatic carbocycles. The van der Waals surface area contributed by atoms with E-state index in [4.69, 9.17) is 0 Å². The number of nitriles is 1. The average molecular weight is 297 g/mol. The Labute approximate surface area is 129 Å². The molecule has 2 rings (SSSR count). The van der Waals surface area contributed by atoms with Crippen molar-refractivity contribution in [3.05, 3.63) is 36.0 Å². The van der Waals surface area contributed by atoms with Crippen LogP contribution in [0.1, 0.15) is 30.1 Å². The van der Waals surface area contributed by atoms with Crippen LogP contribution in [-0.2, 0) is 11.8 Å². The van der Waals surface area contributed by atoms with Crippen molar-refractivity contribution in [2.45, 2.75) is 19.8 Å². The standard InChI is InChI=1S/C17H19N3O2/c1-3-4-9-19-17(22)14(11-18)16(21)13-6-5-7-15-12(13)8-10-20(15)2/h5-8,10,14H,3-4,9H2,1-2H3,(H,19,22)/t14-/m0/s1. The lowest BCUT2D eigenvalue weighted by Gasteiger charge is -2.10. The molecule has 0 spiro atoms. The van der Waals surface area contributed by atoms with Gasteiger partial charge in [-0.2, -0.15) is 5.26 Å². The smallest absolute Gasteiger partial charge is 0.245 e. The molecule has 0 bridgehead atoms. The van der Waals surface area contributed by atoms with Crippen molar-refractivity contribution in [3.63, 3.8) is 0 Å². The maximum absolute atomic E-state index is 12.6. The SMILES string of the molecule is CCCCNC(=O)[C@@H](C#N)C(=O)c1cccc2c1ccn2C. The third kappa shape index (κ3) is 3.01. The number of rotatable bonds is 6. The molecule has 22 heavy (non-hydrogen) atoms. The van der Waals surface area contributed by atoms with Crippen molar-refractivity contribution in [2.75, 3.05) is 6.54 Å². The van der Waals surface area contributed by atoms with Crippen LogP contribution < -0.4 is 5.32 Å². The van der Waals surface area contributed by atoms with Gasteiger partial charge in [0.1, 0.15) is 0 Å². The maximum Gasteiger partial charge on any atom is 0.245 e. The number of amides is 1. The number of nitrogens with zero attached hydrogens (tertiary/aromatic N) is 2. The minimum Gasteiger partial charge on any atom is -0.355 e. The van der Waals surface area contributed by atoms with E-state index in [-0.39, 0.29) is 0 Å². The fourth-order valence-electron chi connectivity index (χ4n) is 2.40. The van der Waals surface area contributed by atoms with Crippen LogP contribution in [0, 0.1) is 17.2 Å². The van der Waals surface area contributed by atoms with E-state index in [1.807, 2.05) is 42.9 Å². The van der Waals surface area contributed by atoms with Crippen molar-refractivity contribution in [1.82, 2.24) is 9.88 Å². The predicted octanol–water partition coefficient (Wildman–Crippen LogP) is 2.42. The first kappa shape index (κ1) is 15.8. The van der Waals surface area contributed by atoms with Gasteiger partial charge in [-0.1, -0.05) is 25.5 Å². The minimum absolute atomic E-state index is 0.412. The normalized spacial score (nSPS) is 11.9. The molecule has 1 heterocycles. The highest BCUT2D eigenvalue weighted by Crippen LogP contribution is 2.22. The van der Waals surface area contributed by atoms with Gasteiger partial charge in [-0.3, -0.25) is 9.59 Å². The van der Waals surface area contributed by atoms with Crippen molar-refractivity contribution in [2.24, 2.45) is 13.0 Å². The number of fused-ring (bicyclic) bond motifs is 1. The summed E-state index contributed by atoms with van der Waals surface area (Å²) in [6, 6.07) is 8.98. The number of unbranched alkanes of at least 4 members (excludes halogenated alkanes) is 1. The molecule has 1 aromatic heterocycles. The molecule has 0 unspecified atom stereocenters. The summed E-state index contributed by atoms with van der Waals surface area (Å²) in [4.78, 5) is 24.6. The Bertz CT molecular complexity index is 740. The monoisotopic (exact) mass is 297 g/mol. The number of ketones is 1. The Morgan fingerprint density at radius 3 is 2.82 bits per heavy atom. The molecule has 5 nitrogen and oxygen atoms in total. The van der Waals surface area contributed by atoms with E-state index in [0.717, 1.165) is 23.7 Å². The number of carbonyl (C=O) groups is 2. The van der Waals surface area contributed by atoms with Gasteiger partial charge in [0.25, 0.3) is 0 Å². The first-order valence-corrected chi connectivity index (χ1v) is 7.35. The Morgan fingerprint density at radius 1 is 1.36 bits per heavy atom. The largest absolute Gasteiger partial charge is 0.355 e. The van der Waals surface area contributed by atoms with Crippen molar-refractivity contribution < 1.29 is 9.59 Å². The van der Waals surface area contributed by atoms with E-state index in [2.05, 4.69) is 5.32 Å². The second kappa shape index (κ2) is 6.90. The van der Waals surface area contributed by atoms with Crippen LogP contribution in [0.15, 0.2) is 30.5 Å². The predicted molar refractivity (Wildman–Crippen MR) is 84.3 cm³/mol. The molecule has 0 aliphatic heterocycles.